The third-order valence-electron chi connectivity index (χ3n) is 3.24. The number of pyridine rings is 1. The van der Waals surface area contributed by atoms with E-state index in [4.69, 9.17) is 10.00 Å². The van der Waals surface area contributed by atoms with E-state index in [1.807, 2.05) is 6.07 Å². The summed E-state index contributed by atoms with van der Waals surface area (Å²) in [6.07, 6.45) is 3.80. The molecule has 2 rings (SSSR count). The summed E-state index contributed by atoms with van der Waals surface area (Å²) < 4.78 is 5.70. The summed E-state index contributed by atoms with van der Waals surface area (Å²) in [5.74, 6) is 0.601. The quantitative estimate of drug-likeness (QED) is 0.860. The number of hydrogen-bond acceptors (Lipinski definition) is 4. The van der Waals surface area contributed by atoms with E-state index in [1.165, 1.54) is 0 Å². The molecule has 0 unspecified atom stereocenters. The SMILES string of the molecule is CC1(COc2ccc(C#N)cn2)CCNCC1. The molecule has 2 heterocycles. The van der Waals surface area contributed by atoms with Gasteiger partial charge in [-0.25, -0.2) is 4.98 Å². The molecule has 1 fully saturated rings. The average Bonchev–Trinajstić information content (AvgIpc) is 2.38. The molecule has 4 nitrogen and oxygen atoms in total. The first-order valence-corrected chi connectivity index (χ1v) is 5.92. The molecule has 1 saturated heterocycles. The highest BCUT2D eigenvalue weighted by Gasteiger charge is 2.27. The minimum atomic E-state index is 0.237. The predicted molar refractivity (Wildman–Crippen MR) is 64.7 cm³/mol. The molecule has 0 aromatic carbocycles. The van der Waals surface area contributed by atoms with Crippen molar-refractivity contribution in [3.63, 3.8) is 0 Å². The second-order valence-electron chi connectivity index (χ2n) is 4.85. The predicted octanol–water partition coefficient (Wildman–Crippen LogP) is 1.72. The van der Waals surface area contributed by atoms with Crippen molar-refractivity contribution in [2.24, 2.45) is 5.41 Å². The Balaban J connectivity index is 1.90. The zero-order chi connectivity index (χ0) is 12.1. The Morgan fingerprint density at radius 3 is 2.82 bits per heavy atom. The third-order valence-corrected chi connectivity index (χ3v) is 3.24. The van der Waals surface area contributed by atoms with Gasteiger partial charge in [0.25, 0.3) is 0 Å². The summed E-state index contributed by atoms with van der Waals surface area (Å²) in [6, 6.07) is 5.52. The lowest BCUT2D eigenvalue weighted by atomic mass is 9.82. The maximum atomic E-state index is 8.67. The van der Waals surface area contributed by atoms with Crippen LogP contribution in [0.2, 0.25) is 0 Å². The molecule has 0 amide bonds. The minimum absolute atomic E-state index is 0.237. The topological polar surface area (TPSA) is 57.9 Å². The highest BCUT2D eigenvalue weighted by atomic mass is 16.5. The van der Waals surface area contributed by atoms with Crippen LogP contribution in [-0.4, -0.2) is 24.7 Å². The molecule has 0 atom stereocenters. The number of aromatic nitrogens is 1. The summed E-state index contributed by atoms with van der Waals surface area (Å²) >= 11 is 0. The Kier molecular flexibility index (Phi) is 3.60. The smallest absolute Gasteiger partial charge is 0.213 e. The summed E-state index contributed by atoms with van der Waals surface area (Å²) in [5, 5.41) is 12.0. The van der Waals surface area contributed by atoms with Gasteiger partial charge in [-0.15, -0.1) is 0 Å². The molecule has 1 aliphatic rings. The Morgan fingerprint density at radius 1 is 1.47 bits per heavy atom. The van der Waals surface area contributed by atoms with Gasteiger partial charge in [0.2, 0.25) is 5.88 Å². The standard InChI is InChI=1S/C13H17N3O/c1-13(4-6-15-7-5-13)10-17-12-3-2-11(8-14)9-16-12/h2-3,9,15H,4-7,10H2,1H3. The average molecular weight is 231 g/mol. The molecule has 0 bridgehead atoms. The lowest BCUT2D eigenvalue weighted by Crippen LogP contribution is -2.38. The Hall–Kier alpha value is -1.60. The van der Waals surface area contributed by atoms with Crippen LogP contribution in [0, 0.1) is 16.7 Å². The van der Waals surface area contributed by atoms with E-state index in [9.17, 15) is 0 Å². The summed E-state index contributed by atoms with van der Waals surface area (Å²) in [4.78, 5) is 4.10. The largest absolute Gasteiger partial charge is 0.477 e. The minimum Gasteiger partial charge on any atom is -0.477 e. The zero-order valence-electron chi connectivity index (χ0n) is 10.1. The number of nitrogens with zero attached hydrogens (tertiary/aromatic N) is 2. The first kappa shape index (κ1) is 11.9. The lowest BCUT2D eigenvalue weighted by molar-refractivity contribution is 0.120. The second kappa shape index (κ2) is 5.15. The van der Waals surface area contributed by atoms with Gasteiger partial charge in [0.1, 0.15) is 6.07 Å². The van der Waals surface area contributed by atoms with Crippen LogP contribution in [-0.2, 0) is 0 Å². The molecule has 0 spiro atoms. The van der Waals surface area contributed by atoms with E-state index in [2.05, 4.69) is 17.2 Å². The normalized spacial score (nSPS) is 18.4. The van der Waals surface area contributed by atoms with Crippen LogP contribution >= 0.6 is 0 Å². The number of piperidine rings is 1. The van der Waals surface area contributed by atoms with Crippen molar-refractivity contribution in [1.82, 2.24) is 10.3 Å². The summed E-state index contributed by atoms with van der Waals surface area (Å²) in [7, 11) is 0. The maximum absolute atomic E-state index is 8.67. The molecular formula is C13H17N3O. The Morgan fingerprint density at radius 2 is 2.24 bits per heavy atom. The molecule has 0 radical (unpaired) electrons. The number of rotatable bonds is 3. The number of nitrogens with one attached hydrogen (secondary N) is 1. The van der Waals surface area contributed by atoms with E-state index >= 15 is 0 Å². The van der Waals surface area contributed by atoms with Crippen LogP contribution in [0.4, 0.5) is 0 Å². The highest BCUT2D eigenvalue weighted by molar-refractivity contribution is 5.28. The molecule has 90 valence electrons. The fraction of sp³-hybridized carbons (Fsp3) is 0.538. The van der Waals surface area contributed by atoms with Crippen LogP contribution < -0.4 is 10.1 Å². The molecule has 1 N–H and O–H groups in total. The van der Waals surface area contributed by atoms with Gasteiger partial charge in [-0.05, 0) is 32.0 Å². The van der Waals surface area contributed by atoms with E-state index in [1.54, 1.807) is 18.3 Å². The molecule has 1 aliphatic heterocycles. The van der Waals surface area contributed by atoms with Gasteiger partial charge in [-0.3, -0.25) is 0 Å². The highest BCUT2D eigenvalue weighted by Crippen LogP contribution is 2.28. The molecular weight excluding hydrogens is 214 g/mol. The van der Waals surface area contributed by atoms with Crippen molar-refractivity contribution in [2.45, 2.75) is 19.8 Å². The van der Waals surface area contributed by atoms with Gasteiger partial charge in [0.05, 0.1) is 12.2 Å². The monoisotopic (exact) mass is 231 g/mol. The first-order valence-electron chi connectivity index (χ1n) is 5.92. The van der Waals surface area contributed by atoms with Crippen molar-refractivity contribution in [2.75, 3.05) is 19.7 Å². The Bertz CT molecular complexity index is 402. The van der Waals surface area contributed by atoms with Gasteiger partial charge >= 0.3 is 0 Å². The number of nitriles is 1. The van der Waals surface area contributed by atoms with Crippen molar-refractivity contribution in [1.29, 1.82) is 5.26 Å². The van der Waals surface area contributed by atoms with Crippen molar-refractivity contribution in [3.05, 3.63) is 23.9 Å². The van der Waals surface area contributed by atoms with E-state index < -0.39 is 0 Å². The van der Waals surface area contributed by atoms with Crippen LogP contribution in [0.5, 0.6) is 5.88 Å². The maximum Gasteiger partial charge on any atom is 0.213 e. The molecule has 4 heteroatoms. The van der Waals surface area contributed by atoms with Gasteiger partial charge < -0.3 is 10.1 Å². The van der Waals surface area contributed by atoms with Crippen molar-refractivity contribution >= 4 is 0 Å². The van der Waals surface area contributed by atoms with Gasteiger partial charge in [0, 0.05) is 17.7 Å². The van der Waals surface area contributed by atoms with Crippen molar-refractivity contribution < 1.29 is 4.74 Å². The molecule has 1 aromatic rings. The summed E-state index contributed by atoms with van der Waals surface area (Å²) in [5.41, 5.74) is 0.798. The van der Waals surface area contributed by atoms with Gasteiger partial charge in [-0.1, -0.05) is 6.92 Å². The van der Waals surface area contributed by atoms with Gasteiger partial charge in [0.15, 0.2) is 0 Å². The molecule has 0 saturated carbocycles. The lowest BCUT2D eigenvalue weighted by Gasteiger charge is -2.33. The fourth-order valence-electron chi connectivity index (χ4n) is 1.95. The zero-order valence-corrected chi connectivity index (χ0v) is 10.1. The van der Waals surface area contributed by atoms with E-state index in [-0.39, 0.29) is 5.41 Å². The van der Waals surface area contributed by atoms with Gasteiger partial charge in [-0.2, -0.15) is 5.26 Å². The second-order valence-corrected chi connectivity index (χ2v) is 4.85. The van der Waals surface area contributed by atoms with Crippen LogP contribution in [0.25, 0.3) is 0 Å². The molecule has 17 heavy (non-hydrogen) atoms. The first-order chi connectivity index (χ1) is 8.22. The van der Waals surface area contributed by atoms with Crippen molar-refractivity contribution in [3.8, 4) is 11.9 Å². The van der Waals surface area contributed by atoms with E-state index in [0.29, 0.717) is 18.1 Å². The number of ether oxygens (including phenoxy) is 1. The Labute approximate surface area is 102 Å². The molecule has 0 aliphatic carbocycles. The summed E-state index contributed by atoms with van der Waals surface area (Å²) in [6.45, 7) is 5.05. The third kappa shape index (κ3) is 3.18. The van der Waals surface area contributed by atoms with Crippen LogP contribution in [0.3, 0.4) is 0 Å². The van der Waals surface area contributed by atoms with Crippen LogP contribution in [0.15, 0.2) is 18.3 Å². The fourth-order valence-corrected chi connectivity index (χ4v) is 1.95. The van der Waals surface area contributed by atoms with E-state index in [0.717, 1.165) is 25.9 Å². The van der Waals surface area contributed by atoms with Crippen LogP contribution in [0.1, 0.15) is 25.3 Å². The molecule has 1 aromatic heterocycles. The number of hydrogen-bond donors (Lipinski definition) is 1.